The molecule has 0 bridgehead atoms. The predicted octanol–water partition coefficient (Wildman–Crippen LogP) is -0.279. The molecule has 0 amide bonds. The zero-order valence-electron chi connectivity index (χ0n) is 7.82. The quantitative estimate of drug-likeness (QED) is 0.419. The van der Waals surface area contributed by atoms with Gasteiger partial charge in [0.15, 0.2) is 0 Å². The summed E-state index contributed by atoms with van der Waals surface area (Å²) in [4.78, 5) is 19.8. The van der Waals surface area contributed by atoms with Crippen LogP contribution in [-0.4, -0.2) is 22.0 Å². The lowest BCUT2D eigenvalue weighted by Crippen LogP contribution is -2.28. The van der Waals surface area contributed by atoms with Crippen LogP contribution in [0, 0.1) is 20.2 Å². The smallest absolute Gasteiger partial charge is 0.423 e. The van der Waals surface area contributed by atoms with E-state index in [9.17, 15) is 25.3 Å². The molecular formula is C7H5BN2O6. The third kappa shape index (κ3) is 1.51. The minimum Gasteiger partial charge on any atom is -0.423 e. The van der Waals surface area contributed by atoms with Crippen molar-refractivity contribution in [1.82, 2.24) is 0 Å². The van der Waals surface area contributed by atoms with Gasteiger partial charge in [0.1, 0.15) is 0 Å². The Bertz CT molecular complexity index is 490. The molecule has 1 aliphatic rings. The van der Waals surface area contributed by atoms with Crippen molar-refractivity contribution in [1.29, 1.82) is 0 Å². The van der Waals surface area contributed by atoms with E-state index in [1.165, 1.54) is 0 Å². The van der Waals surface area contributed by atoms with Crippen molar-refractivity contribution in [3.8, 4) is 0 Å². The number of fused-ring (bicyclic) bond motifs is 1. The predicted molar refractivity (Wildman–Crippen MR) is 52.1 cm³/mol. The number of hydrogen-bond donors (Lipinski definition) is 1. The highest BCUT2D eigenvalue weighted by molar-refractivity contribution is 6.61. The van der Waals surface area contributed by atoms with Crippen LogP contribution in [0.1, 0.15) is 5.56 Å². The second kappa shape index (κ2) is 3.54. The third-order valence-corrected chi connectivity index (χ3v) is 2.30. The molecule has 0 aromatic heterocycles. The molecule has 82 valence electrons. The second-order valence-electron chi connectivity index (χ2n) is 3.21. The second-order valence-corrected chi connectivity index (χ2v) is 3.21. The van der Waals surface area contributed by atoms with Crippen LogP contribution < -0.4 is 5.46 Å². The van der Waals surface area contributed by atoms with Gasteiger partial charge in [-0.15, -0.1) is 0 Å². The van der Waals surface area contributed by atoms with E-state index in [1.807, 2.05) is 0 Å². The summed E-state index contributed by atoms with van der Waals surface area (Å²) in [6.45, 7) is -0.120. The van der Waals surface area contributed by atoms with Gasteiger partial charge in [-0.05, 0) is 0 Å². The van der Waals surface area contributed by atoms with E-state index in [0.29, 0.717) is 0 Å². The highest BCUT2D eigenvalue weighted by atomic mass is 16.6. The number of nitrogens with zero attached hydrogens (tertiary/aromatic N) is 2. The Hall–Kier alpha value is -2.00. The van der Waals surface area contributed by atoms with Crippen molar-refractivity contribution in [2.75, 3.05) is 0 Å². The van der Waals surface area contributed by atoms with Crippen LogP contribution >= 0.6 is 0 Å². The van der Waals surface area contributed by atoms with E-state index in [-0.39, 0.29) is 17.6 Å². The van der Waals surface area contributed by atoms with Crippen molar-refractivity contribution in [3.63, 3.8) is 0 Å². The molecule has 0 spiro atoms. The molecule has 1 aromatic rings. The van der Waals surface area contributed by atoms with Gasteiger partial charge in [-0.1, -0.05) is 0 Å². The molecule has 2 rings (SSSR count). The molecule has 1 aromatic carbocycles. The molecule has 0 aliphatic carbocycles. The Morgan fingerprint density at radius 1 is 1.31 bits per heavy atom. The minimum absolute atomic E-state index is 0.0842. The molecule has 0 atom stereocenters. The highest BCUT2D eigenvalue weighted by Gasteiger charge is 2.35. The molecule has 8 nitrogen and oxygen atoms in total. The van der Waals surface area contributed by atoms with E-state index in [2.05, 4.69) is 0 Å². The van der Waals surface area contributed by atoms with Gasteiger partial charge < -0.3 is 9.68 Å². The minimum atomic E-state index is -1.34. The zero-order chi connectivity index (χ0) is 11.9. The van der Waals surface area contributed by atoms with Crippen molar-refractivity contribution in [3.05, 3.63) is 37.9 Å². The molecular weight excluding hydrogens is 219 g/mol. The molecule has 1 aliphatic heterocycles. The molecule has 16 heavy (non-hydrogen) atoms. The van der Waals surface area contributed by atoms with E-state index in [4.69, 9.17) is 4.65 Å². The fourth-order valence-electron chi connectivity index (χ4n) is 1.56. The summed E-state index contributed by atoms with van der Waals surface area (Å²) in [6.07, 6.45) is 0. The van der Waals surface area contributed by atoms with Crippen molar-refractivity contribution in [2.24, 2.45) is 0 Å². The first-order valence-corrected chi connectivity index (χ1v) is 4.26. The van der Waals surface area contributed by atoms with Gasteiger partial charge in [-0.25, -0.2) is 0 Å². The standard InChI is InChI=1S/C7H5BN2O6/c11-8-6-1-4(9(12)13)2-7(10(14)15)5(6)3-16-8/h1-2,11H,3H2. The first kappa shape index (κ1) is 10.5. The van der Waals surface area contributed by atoms with Crippen LogP contribution in [0.5, 0.6) is 0 Å². The molecule has 0 radical (unpaired) electrons. The molecule has 1 N–H and O–H groups in total. The zero-order valence-corrected chi connectivity index (χ0v) is 7.82. The van der Waals surface area contributed by atoms with Crippen LogP contribution in [0.25, 0.3) is 0 Å². The van der Waals surface area contributed by atoms with Gasteiger partial charge in [0.25, 0.3) is 11.4 Å². The SMILES string of the molecule is O=[N+]([O-])c1cc2c(c([N+](=O)[O-])c1)COB2O. The maximum absolute atomic E-state index is 10.7. The van der Waals surface area contributed by atoms with Crippen LogP contribution in [0.4, 0.5) is 11.4 Å². The van der Waals surface area contributed by atoms with Gasteiger partial charge in [0.2, 0.25) is 0 Å². The lowest BCUT2D eigenvalue weighted by Gasteiger charge is -1.99. The largest absolute Gasteiger partial charge is 0.492 e. The normalized spacial score (nSPS) is 13.7. The van der Waals surface area contributed by atoms with Crippen LogP contribution in [0.3, 0.4) is 0 Å². The molecule has 9 heteroatoms. The molecule has 0 unspecified atom stereocenters. The molecule has 0 fully saturated rings. The fourth-order valence-corrected chi connectivity index (χ4v) is 1.56. The van der Waals surface area contributed by atoms with Gasteiger partial charge in [0, 0.05) is 11.5 Å². The third-order valence-electron chi connectivity index (χ3n) is 2.30. The van der Waals surface area contributed by atoms with Crippen LogP contribution in [0.2, 0.25) is 0 Å². The van der Waals surface area contributed by atoms with E-state index < -0.39 is 28.3 Å². The summed E-state index contributed by atoms with van der Waals surface area (Å²) >= 11 is 0. The van der Waals surface area contributed by atoms with Crippen LogP contribution in [-0.2, 0) is 11.3 Å². The van der Waals surface area contributed by atoms with Crippen molar-refractivity contribution >= 4 is 24.0 Å². The van der Waals surface area contributed by atoms with Gasteiger partial charge >= 0.3 is 7.12 Å². The Labute approximate surface area is 88.9 Å². The van der Waals surface area contributed by atoms with Gasteiger partial charge in [0.05, 0.1) is 28.1 Å². The number of hydrogen-bond acceptors (Lipinski definition) is 6. The maximum atomic E-state index is 10.7. The van der Waals surface area contributed by atoms with Crippen LogP contribution in [0.15, 0.2) is 12.1 Å². The van der Waals surface area contributed by atoms with Gasteiger partial charge in [-0.2, -0.15) is 0 Å². The van der Waals surface area contributed by atoms with E-state index >= 15 is 0 Å². The first-order valence-electron chi connectivity index (χ1n) is 4.26. The average Bonchev–Trinajstić information content (AvgIpc) is 2.59. The highest BCUT2D eigenvalue weighted by Crippen LogP contribution is 2.27. The molecule has 1 heterocycles. The van der Waals surface area contributed by atoms with E-state index in [1.54, 1.807) is 0 Å². The number of non-ortho nitro benzene ring substituents is 1. The summed E-state index contributed by atoms with van der Waals surface area (Å²) in [5, 5.41) is 30.6. The maximum Gasteiger partial charge on any atom is 0.492 e. The monoisotopic (exact) mass is 224 g/mol. The topological polar surface area (TPSA) is 116 Å². The Morgan fingerprint density at radius 3 is 2.56 bits per heavy atom. The lowest BCUT2D eigenvalue weighted by molar-refractivity contribution is -0.394. The Balaban J connectivity index is 2.66. The Kier molecular flexibility index (Phi) is 2.33. The number of rotatable bonds is 2. The number of nitro benzene ring substituents is 2. The molecule has 0 saturated carbocycles. The number of nitro groups is 2. The average molecular weight is 224 g/mol. The summed E-state index contributed by atoms with van der Waals surface area (Å²) in [5.74, 6) is 0. The lowest BCUT2D eigenvalue weighted by atomic mass is 9.79. The summed E-state index contributed by atoms with van der Waals surface area (Å²) in [6, 6.07) is 1.94. The summed E-state index contributed by atoms with van der Waals surface area (Å²) < 4.78 is 4.78. The van der Waals surface area contributed by atoms with Crippen molar-refractivity contribution in [2.45, 2.75) is 6.61 Å². The number of benzene rings is 1. The molecule has 0 saturated heterocycles. The fraction of sp³-hybridized carbons (Fsp3) is 0.143. The first-order chi connectivity index (χ1) is 7.50. The van der Waals surface area contributed by atoms with Gasteiger partial charge in [-0.3, -0.25) is 20.2 Å². The summed E-state index contributed by atoms with van der Waals surface area (Å²) in [7, 11) is -1.34. The summed E-state index contributed by atoms with van der Waals surface area (Å²) in [5.41, 5.74) is -0.570. The Morgan fingerprint density at radius 2 is 2.00 bits per heavy atom. The van der Waals surface area contributed by atoms with E-state index in [0.717, 1.165) is 12.1 Å². The van der Waals surface area contributed by atoms with Crippen molar-refractivity contribution < 1.29 is 19.5 Å².